The SMILES string of the molecule is CC[Si](C)(C)CCC(C)(C)OC(=O)C1CC2CC1C(C)C2C. The lowest BCUT2D eigenvalue weighted by atomic mass is 9.76. The van der Waals surface area contributed by atoms with Gasteiger partial charge >= 0.3 is 5.97 Å². The van der Waals surface area contributed by atoms with Gasteiger partial charge in [-0.3, -0.25) is 4.79 Å². The first-order chi connectivity index (χ1) is 10.1. The maximum absolute atomic E-state index is 12.7. The maximum atomic E-state index is 12.7. The molecular weight excluding hydrogens is 288 g/mol. The highest BCUT2D eigenvalue weighted by molar-refractivity contribution is 6.77. The van der Waals surface area contributed by atoms with Crippen molar-refractivity contribution in [3.05, 3.63) is 0 Å². The molecule has 0 spiro atoms. The molecular formula is C19H36O2Si. The molecule has 2 saturated carbocycles. The van der Waals surface area contributed by atoms with E-state index in [1.807, 2.05) is 0 Å². The summed E-state index contributed by atoms with van der Waals surface area (Å²) < 4.78 is 5.98. The number of carbonyl (C=O) groups is 1. The fraction of sp³-hybridized carbons (Fsp3) is 0.947. The molecule has 2 aliphatic rings. The monoisotopic (exact) mass is 324 g/mol. The molecule has 5 atom stereocenters. The zero-order valence-corrected chi connectivity index (χ0v) is 16.7. The summed E-state index contributed by atoms with van der Waals surface area (Å²) in [7, 11) is -1.09. The van der Waals surface area contributed by atoms with Gasteiger partial charge in [0.25, 0.3) is 0 Å². The van der Waals surface area contributed by atoms with Crippen LogP contribution in [0.4, 0.5) is 0 Å². The van der Waals surface area contributed by atoms with Crippen LogP contribution in [0.15, 0.2) is 0 Å². The Bertz CT molecular complexity index is 414. The van der Waals surface area contributed by atoms with Crippen LogP contribution in [0, 0.1) is 29.6 Å². The summed E-state index contributed by atoms with van der Waals surface area (Å²) in [6.07, 6.45) is 3.33. The molecule has 22 heavy (non-hydrogen) atoms. The third-order valence-electron chi connectivity index (χ3n) is 6.94. The van der Waals surface area contributed by atoms with Crippen molar-refractivity contribution in [3.63, 3.8) is 0 Å². The van der Waals surface area contributed by atoms with E-state index in [0.717, 1.165) is 24.7 Å². The molecule has 128 valence electrons. The summed E-state index contributed by atoms with van der Waals surface area (Å²) in [6.45, 7) is 16.1. The molecule has 0 aromatic heterocycles. The number of carbonyl (C=O) groups excluding carboxylic acids is 1. The summed E-state index contributed by atoms with van der Waals surface area (Å²) >= 11 is 0. The molecule has 0 aromatic carbocycles. The van der Waals surface area contributed by atoms with Crippen molar-refractivity contribution in [1.29, 1.82) is 0 Å². The smallest absolute Gasteiger partial charge is 0.309 e. The van der Waals surface area contributed by atoms with E-state index in [9.17, 15) is 4.79 Å². The summed E-state index contributed by atoms with van der Waals surface area (Å²) in [4.78, 5) is 12.7. The first kappa shape index (κ1) is 18.0. The lowest BCUT2D eigenvalue weighted by Crippen LogP contribution is -2.37. The minimum Gasteiger partial charge on any atom is -0.459 e. The summed E-state index contributed by atoms with van der Waals surface area (Å²) in [5, 5.41) is 0. The molecule has 0 saturated heterocycles. The second kappa shape index (κ2) is 6.30. The van der Waals surface area contributed by atoms with Crippen molar-refractivity contribution in [2.24, 2.45) is 29.6 Å². The van der Waals surface area contributed by atoms with Crippen LogP contribution in [0.3, 0.4) is 0 Å². The van der Waals surface area contributed by atoms with E-state index in [1.54, 1.807) is 0 Å². The minimum absolute atomic E-state index is 0.0900. The maximum Gasteiger partial charge on any atom is 0.309 e. The number of fused-ring (bicyclic) bond motifs is 2. The number of rotatable bonds is 6. The van der Waals surface area contributed by atoms with Crippen LogP contribution in [0.25, 0.3) is 0 Å². The van der Waals surface area contributed by atoms with Gasteiger partial charge in [-0.1, -0.05) is 46.0 Å². The fourth-order valence-electron chi connectivity index (χ4n) is 4.43. The van der Waals surface area contributed by atoms with E-state index >= 15 is 0 Å². The fourth-order valence-corrected chi connectivity index (χ4v) is 6.06. The second-order valence-corrected chi connectivity index (χ2v) is 15.0. The molecule has 3 heteroatoms. The van der Waals surface area contributed by atoms with Gasteiger partial charge in [0.15, 0.2) is 0 Å². The van der Waals surface area contributed by atoms with Gasteiger partial charge in [-0.25, -0.2) is 0 Å². The first-order valence-corrected chi connectivity index (χ1v) is 12.7. The Hall–Kier alpha value is -0.313. The van der Waals surface area contributed by atoms with Crippen LogP contribution in [0.1, 0.15) is 53.9 Å². The van der Waals surface area contributed by atoms with Crippen LogP contribution >= 0.6 is 0 Å². The van der Waals surface area contributed by atoms with Crippen molar-refractivity contribution < 1.29 is 9.53 Å². The molecule has 0 amide bonds. The number of esters is 1. The van der Waals surface area contributed by atoms with Crippen LogP contribution in [0.5, 0.6) is 0 Å². The normalized spacial score (nSPS) is 35.0. The summed E-state index contributed by atoms with van der Waals surface area (Å²) in [5.41, 5.74) is -0.298. The quantitative estimate of drug-likeness (QED) is 0.486. The molecule has 0 N–H and O–H groups in total. The highest BCUT2D eigenvalue weighted by Crippen LogP contribution is 2.55. The van der Waals surface area contributed by atoms with Crippen molar-refractivity contribution in [2.45, 2.75) is 84.7 Å². The Labute approximate surface area is 138 Å². The Morgan fingerprint density at radius 1 is 1.18 bits per heavy atom. The topological polar surface area (TPSA) is 26.3 Å². The average Bonchev–Trinajstić information content (AvgIpc) is 2.98. The zero-order valence-electron chi connectivity index (χ0n) is 15.7. The third kappa shape index (κ3) is 3.77. The van der Waals surface area contributed by atoms with E-state index in [-0.39, 0.29) is 17.5 Å². The van der Waals surface area contributed by atoms with Crippen LogP contribution in [0.2, 0.25) is 25.2 Å². The minimum atomic E-state index is -1.09. The highest BCUT2D eigenvalue weighted by Gasteiger charge is 2.52. The van der Waals surface area contributed by atoms with Gasteiger partial charge in [0.05, 0.1) is 5.92 Å². The molecule has 0 radical (unpaired) electrons. The predicted molar refractivity (Wildman–Crippen MR) is 95.6 cm³/mol. The van der Waals surface area contributed by atoms with E-state index < -0.39 is 8.07 Å². The van der Waals surface area contributed by atoms with Crippen LogP contribution in [-0.2, 0) is 9.53 Å². The van der Waals surface area contributed by atoms with Crippen molar-refractivity contribution in [1.82, 2.24) is 0 Å². The lowest BCUT2D eigenvalue weighted by molar-refractivity contribution is -0.164. The van der Waals surface area contributed by atoms with E-state index in [0.29, 0.717) is 11.8 Å². The standard InChI is InChI=1S/C19H36O2Si/c1-8-22(6,7)10-9-19(4,5)21-18(20)17-12-15-11-16(17)14(3)13(15)2/h13-17H,8-12H2,1-7H3. The Morgan fingerprint density at radius 2 is 1.82 bits per heavy atom. The van der Waals surface area contributed by atoms with Gasteiger partial charge in [-0.15, -0.1) is 0 Å². The first-order valence-electron chi connectivity index (χ1n) is 9.29. The summed E-state index contributed by atoms with van der Waals surface area (Å²) in [6, 6.07) is 2.55. The third-order valence-corrected chi connectivity index (χ3v) is 10.5. The largest absolute Gasteiger partial charge is 0.459 e. The average molecular weight is 325 g/mol. The Balaban J connectivity index is 1.89. The van der Waals surface area contributed by atoms with E-state index in [1.165, 1.54) is 18.5 Å². The highest BCUT2D eigenvalue weighted by atomic mass is 28.3. The second-order valence-electron chi connectivity index (χ2n) is 9.42. The van der Waals surface area contributed by atoms with Gasteiger partial charge in [0, 0.05) is 8.07 Å². The van der Waals surface area contributed by atoms with Crippen LogP contribution in [-0.4, -0.2) is 19.6 Å². The van der Waals surface area contributed by atoms with Gasteiger partial charge in [-0.05, 0) is 56.8 Å². The van der Waals surface area contributed by atoms with Gasteiger partial charge in [-0.2, -0.15) is 0 Å². The number of hydrogen-bond donors (Lipinski definition) is 0. The lowest BCUT2D eigenvalue weighted by Gasteiger charge is -2.34. The van der Waals surface area contributed by atoms with Crippen LogP contribution < -0.4 is 0 Å². The van der Waals surface area contributed by atoms with Gasteiger partial charge in [0.1, 0.15) is 5.60 Å². The number of ether oxygens (including phenoxy) is 1. The number of hydrogen-bond acceptors (Lipinski definition) is 2. The molecule has 0 aromatic rings. The van der Waals surface area contributed by atoms with E-state index in [2.05, 4.69) is 47.7 Å². The molecule has 2 bridgehead atoms. The molecule has 2 rings (SSSR count). The molecule has 0 heterocycles. The van der Waals surface area contributed by atoms with Crippen molar-refractivity contribution >= 4 is 14.0 Å². The molecule has 0 aliphatic heterocycles. The Morgan fingerprint density at radius 3 is 2.32 bits per heavy atom. The van der Waals surface area contributed by atoms with Gasteiger partial charge in [0.2, 0.25) is 0 Å². The molecule has 5 unspecified atom stereocenters. The Kier molecular flexibility index (Phi) is 5.16. The molecule has 2 aliphatic carbocycles. The van der Waals surface area contributed by atoms with E-state index in [4.69, 9.17) is 4.74 Å². The molecule has 2 nitrogen and oxygen atoms in total. The molecule has 2 fully saturated rings. The predicted octanol–water partition coefficient (Wildman–Crippen LogP) is 5.35. The zero-order chi connectivity index (χ0) is 16.7. The van der Waals surface area contributed by atoms with Crippen molar-refractivity contribution in [3.8, 4) is 0 Å². The summed E-state index contributed by atoms with van der Waals surface area (Å²) in [5.74, 6) is 3.07. The van der Waals surface area contributed by atoms with Crippen molar-refractivity contribution in [2.75, 3.05) is 0 Å². The van der Waals surface area contributed by atoms with Gasteiger partial charge < -0.3 is 4.74 Å².